The van der Waals surface area contributed by atoms with Crippen LogP contribution in [0, 0.1) is 11.8 Å². The van der Waals surface area contributed by atoms with Crippen molar-refractivity contribution in [3.05, 3.63) is 0 Å². The topological polar surface area (TPSA) is 32.3 Å². The van der Waals surface area contributed by atoms with Crippen LogP contribution in [0.5, 0.6) is 0 Å². The average molecular weight is 213 g/mol. The molecule has 0 aromatic heterocycles. The van der Waals surface area contributed by atoms with Crippen LogP contribution in [0.2, 0.25) is 0 Å². The number of hydrogen-bond acceptors (Lipinski definition) is 2. The molecule has 0 saturated heterocycles. The van der Waals surface area contributed by atoms with Crippen LogP contribution in [0.4, 0.5) is 0 Å². The van der Waals surface area contributed by atoms with E-state index in [1.54, 1.807) is 0 Å². The quantitative estimate of drug-likeness (QED) is 0.681. The van der Waals surface area contributed by atoms with Crippen molar-refractivity contribution in [2.75, 3.05) is 13.2 Å². The van der Waals surface area contributed by atoms with Crippen LogP contribution in [0.1, 0.15) is 52.4 Å². The van der Waals surface area contributed by atoms with Crippen LogP contribution in [0.3, 0.4) is 0 Å². The van der Waals surface area contributed by atoms with Gasteiger partial charge in [0.15, 0.2) is 0 Å². The lowest BCUT2D eigenvalue weighted by Crippen LogP contribution is -2.33. The van der Waals surface area contributed by atoms with Crippen molar-refractivity contribution >= 4 is 0 Å². The van der Waals surface area contributed by atoms with Gasteiger partial charge in [0, 0.05) is 12.6 Å². The number of unbranched alkanes of at least 4 members (excludes halogenated alkanes) is 1. The number of rotatable bonds is 7. The summed E-state index contributed by atoms with van der Waals surface area (Å²) < 4.78 is 0. The van der Waals surface area contributed by atoms with Crippen molar-refractivity contribution in [1.82, 2.24) is 5.32 Å². The molecular weight excluding hydrogens is 186 g/mol. The third kappa shape index (κ3) is 4.52. The van der Waals surface area contributed by atoms with E-state index in [1.165, 1.54) is 38.5 Å². The Morgan fingerprint density at radius 2 is 2.07 bits per heavy atom. The Labute approximate surface area is 94.5 Å². The van der Waals surface area contributed by atoms with Crippen LogP contribution in [0.15, 0.2) is 0 Å². The van der Waals surface area contributed by atoms with Gasteiger partial charge in [-0.05, 0) is 44.6 Å². The second-order valence-electron chi connectivity index (χ2n) is 5.09. The van der Waals surface area contributed by atoms with Crippen molar-refractivity contribution in [2.24, 2.45) is 11.8 Å². The van der Waals surface area contributed by atoms with Gasteiger partial charge in [0.25, 0.3) is 0 Å². The van der Waals surface area contributed by atoms with Gasteiger partial charge in [-0.3, -0.25) is 0 Å². The number of aliphatic hydroxyl groups is 1. The highest BCUT2D eigenvalue weighted by molar-refractivity contribution is 4.79. The van der Waals surface area contributed by atoms with E-state index in [0.717, 1.165) is 12.5 Å². The molecule has 2 heteroatoms. The Morgan fingerprint density at radius 1 is 1.33 bits per heavy atom. The maximum atomic E-state index is 9.22. The molecule has 1 saturated carbocycles. The molecule has 2 nitrogen and oxygen atoms in total. The highest BCUT2D eigenvalue weighted by atomic mass is 16.3. The lowest BCUT2D eigenvalue weighted by molar-refractivity contribution is 0.190. The minimum atomic E-state index is 0.385. The number of aliphatic hydroxyl groups excluding tert-OH is 1. The molecule has 0 heterocycles. The zero-order valence-corrected chi connectivity index (χ0v) is 10.3. The molecule has 0 amide bonds. The highest BCUT2D eigenvalue weighted by Gasteiger charge is 2.26. The van der Waals surface area contributed by atoms with E-state index in [-0.39, 0.29) is 0 Å². The fraction of sp³-hybridized carbons (Fsp3) is 1.00. The second kappa shape index (κ2) is 7.24. The fourth-order valence-electron chi connectivity index (χ4n) is 2.59. The maximum Gasteiger partial charge on any atom is 0.0462 e. The molecule has 0 bridgehead atoms. The predicted molar refractivity (Wildman–Crippen MR) is 64.9 cm³/mol. The van der Waals surface area contributed by atoms with Crippen LogP contribution in [-0.2, 0) is 0 Å². The Bertz CT molecular complexity index is 161. The van der Waals surface area contributed by atoms with E-state index in [9.17, 15) is 5.11 Å². The van der Waals surface area contributed by atoms with Crippen molar-refractivity contribution in [1.29, 1.82) is 0 Å². The normalized spacial score (nSPS) is 28.2. The summed E-state index contributed by atoms with van der Waals surface area (Å²) in [7, 11) is 0. The van der Waals surface area contributed by atoms with Gasteiger partial charge < -0.3 is 10.4 Å². The van der Waals surface area contributed by atoms with Crippen molar-refractivity contribution in [2.45, 2.75) is 58.4 Å². The molecule has 1 aliphatic rings. The SMILES string of the molecule is CCCCC(C)NCC1CCCC1CO. The Morgan fingerprint density at radius 3 is 2.73 bits per heavy atom. The van der Waals surface area contributed by atoms with Crippen molar-refractivity contribution in [3.63, 3.8) is 0 Å². The molecule has 0 radical (unpaired) electrons. The monoisotopic (exact) mass is 213 g/mol. The van der Waals surface area contributed by atoms with Crippen molar-refractivity contribution in [3.8, 4) is 0 Å². The van der Waals surface area contributed by atoms with Gasteiger partial charge >= 0.3 is 0 Å². The smallest absolute Gasteiger partial charge is 0.0462 e. The minimum Gasteiger partial charge on any atom is -0.396 e. The van der Waals surface area contributed by atoms with Crippen LogP contribution >= 0.6 is 0 Å². The Balaban J connectivity index is 2.12. The molecular formula is C13H27NO. The fourth-order valence-corrected chi connectivity index (χ4v) is 2.59. The molecule has 1 rings (SSSR count). The molecule has 2 N–H and O–H groups in total. The number of hydrogen-bond donors (Lipinski definition) is 2. The Hall–Kier alpha value is -0.0800. The molecule has 3 unspecified atom stereocenters. The first-order valence-corrected chi connectivity index (χ1v) is 6.62. The molecule has 1 aliphatic carbocycles. The summed E-state index contributed by atoms with van der Waals surface area (Å²) in [5, 5.41) is 12.8. The summed E-state index contributed by atoms with van der Waals surface area (Å²) in [6.45, 7) is 6.01. The van der Waals surface area contributed by atoms with E-state index >= 15 is 0 Å². The van der Waals surface area contributed by atoms with Crippen molar-refractivity contribution < 1.29 is 5.11 Å². The van der Waals surface area contributed by atoms with Gasteiger partial charge in [0.1, 0.15) is 0 Å². The second-order valence-corrected chi connectivity index (χ2v) is 5.09. The van der Waals surface area contributed by atoms with Crippen LogP contribution < -0.4 is 5.32 Å². The Kier molecular flexibility index (Phi) is 6.26. The summed E-state index contributed by atoms with van der Waals surface area (Å²) in [4.78, 5) is 0. The van der Waals surface area contributed by atoms with Gasteiger partial charge in [-0.2, -0.15) is 0 Å². The van der Waals surface area contributed by atoms with Gasteiger partial charge in [-0.1, -0.05) is 26.2 Å². The first-order chi connectivity index (χ1) is 7.27. The van der Waals surface area contributed by atoms with Crippen LogP contribution in [0.25, 0.3) is 0 Å². The predicted octanol–water partition coefficient (Wildman–Crippen LogP) is 2.56. The molecule has 1 fully saturated rings. The molecule has 0 aromatic carbocycles. The summed E-state index contributed by atoms with van der Waals surface area (Å²) >= 11 is 0. The van der Waals surface area contributed by atoms with Crippen LogP contribution in [-0.4, -0.2) is 24.3 Å². The molecule has 90 valence electrons. The van der Waals surface area contributed by atoms with Gasteiger partial charge in [0.05, 0.1) is 0 Å². The van der Waals surface area contributed by atoms with Gasteiger partial charge in [-0.15, -0.1) is 0 Å². The zero-order valence-electron chi connectivity index (χ0n) is 10.3. The molecule has 0 aromatic rings. The van der Waals surface area contributed by atoms with Gasteiger partial charge in [0.2, 0.25) is 0 Å². The largest absolute Gasteiger partial charge is 0.396 e. The van der Waals surface area contributed by atoms with E-state index in [0.29, 0.717) is 18.6 Å². The highest BCUT2D eigenvalue weighted by Crippen LogP contribution is 2.30. The first kappa shape index (κ1) is 13.0. The minimum absolute atomic E-state index is 0.385. The van der Waals surface area contributed by atoms with E-state index in [1.807, 2.05) is 0 Å². The third-order valence-corrected chi connectivity index (χ3v) is 3.77. The lowest BCUT2D eigenvalue weighted by Gasteiger charge is -2.21. The first-order valence-electron chi connectivity index (χ1n) is 6.62. The molecule has 3 atom stereocenters. The third-order valence-electron chi connectivity index (χ3n) is 3.77. The average Bonchev–Trinajstić information content (AvgIpc) is 2.70. The van der Waals surface area contributed by atoms with Gasteiger partial charge in [-0.25, -0.2) is 0 Å². The van der Waals surface area contributed by atoms with E-state index < -0.39 is 0 Å². The molecule has 15 heavy (non-hydrogen) atoms. The maximum absolute atomic E-state index is 9.22. The lowest BCUT2D eigenvalue weighted by atomic mass is 9.96. The summed E-state index contributed by atoms with van der Waals surface area (Å²) in [5.41, 5.74) is 0. The zero-order chi connectivity index (χ0) is 11.1. The molecule has 0 spiro atoms. The summed E-state index contributed by atoms with van der Waals surface area (Å²) in [5.74, 6) is 1.29. The van der Waals surface area contributed by atoms with E-state index in [2.05, 4.69) is 19.2 Å². The summed E-state index contributed by atoms with van der Waals surface area (Å²) in [6.07, 6.45) is 7.73. The van der Waals surface area contributed by atoms with E-state index in [4.69, 9.17) is 0 Å². The standard InChI is InChI=1S/C13H27NO/c1-3-4-6-11(2)14-9-12-7-5-8-13(12)10-15/h11-15H,3-10H2,1-2H3. The summed E-state index contributed by atoms with van der Waals surface area (Å²) in [6, 6.07) is 0.643. The molecule has 0 aliphatic heterocycles. The number of nitrogens with one attached hydrogen (secondary N) is 1.